The van der Waals surface area contributed by atoms with Crippen LogP contribution < -0.4 is 25.6 Å². The van der Waals surface area contributed by atoms with Crippen molar-refractivity contribution in [3.8, 4) is 11.5 Å². The fourth-order valence-electron chi connectivity index (χ4n) is 2.47. The predicted octanol–water partition coefficient (Wildman–Crippen LogP) is 3.08. The first kappa shape index (κ1) is 18.1. The van der Waals surface area contributed by atoms with Gasteiger partial charge in [0.05, 0.1) is 12.8 Å². The van der Waals surface area contributed by atoms with Crippen LogP contribution in [0.5, 0.6) is 11.5 Å². The molecule has 0 fully saturated rings. The van der Waals surface area contributed by atoms with Gasteiger partial charge in [-0.2, -0.15) is 0 Å². The van der Waals surface area contributed by atoms with Crippen LogP contribution in [0.1, 0.15) is 0 Å². The molecule has 0 saturated heterocycles. The molecular weight excluding hydrogens is 346 g/mol. The third-order valence-electron chi connectivity index (χ3n) is 3.78. The molecule has 0 aliphatic carbocycles. The van der Waals surface area contributed by atoms with Gasteiger partial charge in [0.25, 0.3) is 5.91 Å². The number of carbonyl (C=O) groups excluding carboxylic acids is 2. The summed E-state index contributed by atoms with van der Waals surface area (Å²) in [6.45, 7) is -0.235. The van der Waals surface area contributed by atoms with E-state index in [4.69, 9.17) is 9.47 Å². The van der Waals surface area contributed by atoms with E-state index in [0.717, 1.165) is 10.8 Å². The Morgan fingerprint density at radius 2 is 1.56 bits per heavy atom. The highest BCUT2D eigenvalue weighted by Gasteiger charge is 2.08. The molecule has 27 heavy (non-hydrogen) atoms. The average molecular weight is 365 g/mol. The minimum absolute atomic E-state index is 0.235. The molecule has 0 aliphatic heterocycles. The second kappa shape index (κ2) is 8.57. The highest BCUT2D eigenvalue weighted by Crippen LogP contribution is 2.22. The average Bonchev–Trinajstić information content (AvgIpc) is 2.71. The maximum atomic E-state index is 12.0. The summed E-state index contributed by atoms with van der Waals surface area (Å²) in [4.78, 5) is 23.8. The highest BCUT2D eigenvalue weighted by atomic mass is 16.5. The molecule has 0 radical (unpaired) electrons. The molecule has 0 spiro atoms. The van der Waals surface area contributed by atoms with Gasteiger partial charge in [0.1, 0.15) is 11.5 Å². The van der Waals surface area contributed by atoms with E-state index in [9.17, 15) is 9.59 Å². The minimum atomic E-state index is -0.552. The van der Waals surface area contributed by atoms with Crippen LogP contribution in [-0.4, -0.2) is 25.7 Å². The standard InChI is InChI=1S/C20H19N3O4/c1-26-15-9-11-16(12-10-15)27-13-19(24)22-23-20(25)21-18-8-4-6-14-5-2-3-7-17(14)18/h2-12H,13H2,1H3,(H,22,24)(H2,21,23,25). The summed E-state index contributed by atoms with van der Waals surface area (Å²) in [6, 6.07) is 19.5. The van der Waals surface area contributed by atoms with Crippen molar-refractivity contribution in [2.75, 3.05) is 19.0 Å². The summed E-state index contributed by atoms with van der Waals surface area (Å²) >= 11 is 0. The highest BCUT2D eigenvalue weighted by molar-refractivity contribution is 6.01. The number of ether oxygens (including phenoxy) is 2. The van der Waals surface area contributed by atoms with E-state index in [1.807, 2.05) is 36.4 Å². The number of amides is 3. The summed E-state index contributed by atoms with van der Waals surface area (Å²) in [5.41, 5.74) is 5.24. The number of benzene rings is 3. The molecule has 0 aliphatic rings. The molecule has 7 heteroatoms. The number of carbonyl (C=O) groups is 2. The van der Waals surface area contributed by atoms with Gasteiger partial charge in [-0.05, 0) is 35.7 Å². The van der Waals surface area contributed by atoms with E-state index in [-0.39, 0.29) is 6.61 Å². The Labute approximate surface area is 156 Å². The van der Waals surface area contributed by atoms with Gasteiger partial charge < -0.3 is 14.8 Å². The summed E-state index contributed by atoms with van der Waals surface area (Å²) in [5.74, 6) is 0.726. The zero-order valence-electron chi connectivity index (χ0n) is 14.7. The lowest BCUT2D eigenvalue weighted by atomic mass is 10.1. The van der Waals surface area contributed by atoms with Gasteiger partial charge in [0.2, 0.25) is 0 Å². The number of fused-ring (bicyclic) bond motifs is 1. The number of hydrogen-bond donors (Lipinski definition) is 3. The third kappa shape index (κ3) is 4.88. The van der Waals surface area contributed by atoms with Gasteiger partial charge >= 0.3 is 6.03 Å². The second-order valence-electron chi connectivity index (χ2n) is 5.62. The molecule has 3 amide bonds. The van der Waals surface area contributed by atoms with Crippen molar-refractivity contribution in [2.45, 2.75) is 0 Å². The first-order valence-corrected chi connectivity index (χ1v) is 8.26. The molecule has 138 valence electrons. The predicted molar refractivity (Wildman–Crippen MR) is 103 cm³/mol. The summed E-state index contributed by atoms with van der Waals surface area (Å²) in [6.07, 6.45) is 0. The van der Waals surface area contributed by atoms with Crippen molar-refractivity contribution >= 4 is 28.4 Å². The van der Waals surface area contributed by atoms with Crippen LogP contribution in [-0.2, 0) is 4.79 Å². The fourth-order valence-corrected chi connectivity index (χ4v) is 2.47. The first-order chi connectivity index (χ1) is 13.2. The molecule has 0 atom stereocenters. The zero-order chi connectivity index (χ0) is 19.1. The molecule has 3 rings (SSSR count). The zero-order valence-corrected chi connectivity index (χ0v) is 14.7. The summed E-state index contributed by atoms with van der Waals surface area (Å²) in [5, 5.41) is 4.62. The van der Waals surface area contributed by atoms with Crippen molar-refractivity contribution in [1.82, 2.24) is 10.9 Å². The Bertz CT molecular complexity index is 936. The van der Waals surface area contributed by atoms with E-state index in [2.05, 4.69) is 16.2 Å². The van der Waals surface area contributed by atoms with E-state index >= 15 is 0 Å². The Hall–Kier alpha value is -3.74. The Balaban J connectivity index is 1.47. The van der Waals surface area contributed by atoms with Gasteiger partial charge in [0.15, 0.2) is 6.61 Å². The quantitative estimate of drug-likeness (QED) is 0.606. The largest absolute Gasteiger partial charge is 0.497 e. The van der Waals surface area contributed by atoms with Crippen LogP contribution in [0.3, 0.4) is 0 Å². The van der Waals surface area contributed by atoms with Crippen molar-refractivity contribution in [1.29, 1.82) is 0 Å². The van der Waals surface area contributed by atoms with Crippen molar-refractivity contribution in [3.63, 3.8) is 0 Å². The number of hydrazine groups is 1. The molecule has 0 aromatic heterocycles. The molecule has 3 aromatic rings. The summed E-state index contributed by atoms with van der Waals surface area (Å²) in [7, 11) is 1.57. The van der Waals surface area contributed by atoms with E-state index in [1.54, 1.807) is 37.4 Å². The smallest absolute Gasteiger partial charge is 0.337 e. The number of rotatable bonds is 5. The van der Waals surface area contributed by atoms with Crippen molar-refractivity contribution in [3.05, 3.63) is 66.7 Å². The Kier molecular flexibility index (Phi) is 5.73. The number of anilines is 1. The van der Waals surface area contributed by atoms with Crippen LogP contribution in [0.15, 0.2) is 66.7 Å². The Morgan fingerprint density at radius 1 is 0.852 bits per heavy atom. The number of nitrogens with one attached hydrogen (secondary N) is 3. The van der Waals surface area contributed by atoms with Gasteiger partial charge in [-0.15, -0.1) is 0 Å². The molecule has 7 nitrogen and oxygen atoms in total. The van der Waals surface area contributed by atoms with Crippen LogP contribution in [0.2, 0.25) is 0 Å². The summed E-state index contributed by atoms with van der Waals surface area (Å²) < 4.78 is 10.4. The van der Waals surface area contributed by atoms with Crippen LogP contribution in [0.25, 0.3) is 10.8 Å². The molecule has 0 bridgehead atoms. The topological polar surface area (TPSA) is 88.7 Å². The third-order valence-corrected chi connectivity index (χ3v) is 3.78. The molecule has 0 unspecified atom stereocenters. The van der Waals surface area contributed by atoms with Gasteiger partial charge in [-0.1, -0.05) is 36.4 Å². The van der Waals surface area contributed by atoms with E-state index in [1.165, 1.54) is 0 Å². The molecule has 3 N–H and O–H groups in total. The Morgan fingerprint density at radius 3 is 2.33 bits per heavy atom. The van der Waals surface area contributed by atoms with Crippen molar-refractivity contribution < 1.29 is 19.1 Å². The van der Waals surface area contributed by atoms with Crippen LogP contribution in [0.4, 0.5) is 10.5 Å². The first-order valence-electron chi connectivity index (χ1n) is 8.26. The molecular formula is C20H19N3O4. The molecule has 3 aromatic carbocycles. The van der Waals surface area contributed by atoms with Gasteiger partial charge in [0, 0.05) is 5.39 Å². The molecule has 0 saturated carbocycles. The lowest BCUT2D eigenvalue weighted by Gasteiger charge is -2.11. The van der Waals surface area contributed by atoms with Gasteiger partial charge in [-0.3, -0.25) is 10.2 Å². The van der Waals surface area contributed by atoms with Gasteiger partial charge in [-0.25, -0.2) is 10.2 Å². The normalized spacial score (nSPS) is 10.1. The van der Waals surface area contributed by atoms with Crippen LogP contribution in [0, 0.1) is 0 Å². The number of hydrogen-bond acceptors (Lipinski definition) is 4. The number of urea groups is 1. The lowest BCUT2D eigenvalue weighted by molar-refractivity contribution is -0.123. The maximum Gasteiger partial charge on any atom is 0.337 e. The minimum Gasteiger partial charge on any atom is -0.497 e. The fraction of sp³-hybridized carbons (Fsp3) is 0.100. The maximum absolute atomic E-state index is 12.0. The lowest BCUT2D eigenvalue weighted by Crippen LogP contribution is -2.45. The second-order valence-corrected chi connectivity index (χ2v) is 5.62. The number of methoxy groups -OCH3 is 1. The van der Waals surface area contributed by atoms with Crippen LogP contribution >= 0.6 is 0 Å². The van der Waals surface area contributed by atoms with E-state index in [0.29, 0.717) is 17.2 Å². The van der Waals surface area contributed by atoms with Crippen molar-refractivity contribution in [2.24, 2.45) is 0 Å². The van der Waals surface area contributed by atoms with E-state index < -0.39 is 11.9 Å². The SMILES string of the molecule is COc1ccc(OCC(=O)NNC(=O)Nc2cccc3ccccc23)cc1. The monoisotopic (exact) mass is 365 g/mol. The molecule has 0 heterocycles.